The van der Waals surface area contributed by atoms with E-state index >= 15 is 0 Å². The molecule has 3 heteroatoms. The van der Waals surface area contributed by atoms with E-state index in [0.717, 1.165) is 15.4 Å². The summed E-state index contributed by atoms with van der Waals surface area (Å²) >= 11 is -1.12. The van der Waals surface area contributed by atoms with Gasteiger partial charge in [-0.05, 0) is 13.0 Å². The van der Waals surface area contributed by atoms with E-state index in [1.807, 2.05) is 24.3 Å². The number of carbonyl (C=O) groups is 1. The zero-order valence-corrected chi connectivity index (χ0v) is 8.64. The van der Waals surface area contributed by atoms with Gasteiger partial charge in [-0.15, -0.1) is 0 Å². The Balaban J connectivity index is 2.39. The Morgan fingerprint density at radius 2 is 2.21 bits per heavy atom. The van der Waals surface area contributed by atoms with Crippen molar-refractivity contribution >= 4 is 17.0 Å². The molecule has 1 aliphatic rings. The van der Waals surface area contributed by atoms with E-state index in [-0.39, 0.29) is 5.78 Å². The molecule has 0 saturated carbocycles. The van der Waals surface area contributed by atoms with Crippen molar-refractivity contribution in [1.29, 1.82) is 0 Å². The predicted molar refractivity (Wildman–Crippen MR) is 55.3 cm³/mol. The lowest BCUT2D eigenvalue weighted by Gasteiger charge is -2.03. The Labute approximate surface area is 85.8 Å². The molecule has 1 aromatic rings. The summed E-state index contributed by atoms with van der Waals surface area (Å²) in [4.78, 5) is 12.5. The number of rotatable bonds is 1. The number of hydrogen-bond acceptors (Lipinski definition) is 2. The van der Waals surface area contributed by atoms with Crippen molar-refractivity contribution in [1.82, 2.24) is 0 Å². The standard InChI is InChI=1S/C11H10O2S/c1-8(12)6-10-7-9-4-2-3-5-11(9)14(10)13/h2-6H,7H2,1H3/b10-6-. The predicted octanol–water partition coefficient (Wildman–Crippen LogP) is 1.82. The van der Waals surface area contributed by atoms with Crippen LogP contribution in [0.25, 0.3) is 0 Å². The zero-order valence-electron chi connectivity index (χ0n) is 7.82. The Hall–Kier alpha value is -1.06. The van der Waals surface area contributed by atoms with Crippen LogP contribution in [-0.4, -0.2) is 10.3 Å². The maximum atomic E-state index is 11.8. The van der Waals surface area contributed by atoms with Gasteiger partial charge in [-0.3, -0.25) is 4.79 Å². The molecule has 0 N–H and O–H groups in total. The molecule has 2 rings (SSSR count). The fourth-order valence-corrected chi connectivity index (χ4v) is 2.98. The fourth-order valence-electron chi connectivity index (χ4n) is 1.56. The van der Waals surface area contributed by atoms with Crippen molar-refractivity contribution in [3.8, 4) is 0 Å². The van der Waals surface area contributed by atoms with Crippen LogP contribution < -0.4 is 0 Å². The normalized spacial score (nSPS) is 22.4. The van der Waals surface area contributed by atoms with Crippen molar-refractivity contribution in [2.75, 3.05) is 0 Å². The van der Waals surface area contributed by atoms with Crippen LogP contribution in [0.15, 0.2) is 40.1 Å². The molecule has 0 bridgehead atoms. The second-order valence-electron chi connectivity index (χ2n) is 3.27. The number of benzene rings is 1. The minimum atomic E-state index is -1.12. The van der Waals surface area contributed by atoms with Gasteiger partial charge in [0.15, 0.2) is 10.7 Å². The van der Waals surface area contributed by atoms with Crippen LogP contribution >= 0.6 is 0 Å². The van der Waals surface area contributed by atoms with E-state index in [1.165, 1.54) is 13.0 Å². The third kappa shape index (κ3) is 1.61. The minimum absolute atomic E-state index is 0.0406. The number of allylic oxidation sites excluding steroid dienone is 2. The average Bonchev–Trinajstić information content (AvgIpc) is 2.44. The van der Waals surface area contributed by atoms with Gasteiger partial charge in [-0.1, -0.05) is 18.2 Å². The quantitative estimate of drug-likeness (QED) is 0.519. The maximum absolute atomic E-state index is 11.8. The summed E-state index contributed by atoms with van der Waals surface area (Å²) in [6.07, 6.45) is 2.12. The molecule has 72 valence electrons. The fraction of sp³-hybridized carbons (Fsp3) is 0.182. The molecular weight excluding hydrogens is 196 g/mol. The van der Waals surface area contributed by atoms with Crippen molar-refractivity contribution in [3.63, 3.8) is 0 Å². The van der Waals surface area contributed by atoms with E-state index in [0.29, 0.717) is 6.42 Å². The Bertz CT molecular complexity index is 410. The van der Waals surface area contributed by atoms with E-state index in [4.69, 9.17) is 0 Å². The maximum Gasteiger partial charge on any atom is 0.161 e. The molecule has 1 aromatic carbocycles. The van der Waals surface area contributed by atoms with Crippen LogP contribution in [0.1, 0.15) is 12.5 Å². The van der Waals surface area contributed by atoms with E-state index in [9.17, 15) is 9.35 Å². The van der Waals surface area contributed by atoms with Crippen LogP contribution in [0.5, 0.6) is 0 Å². The van der Waals surface area contributed by atoms with Gasteiger partial charge in [0.1, 0.15) is 4.91 Å². The summed E-state index contributed by atoms with van der Waals surface area (Å²) in [5.41, 5.74) is 1.07. The number of carbonyl (C=O) groups excluding carboxylic acids is 1. The number of ketones is 1. The van der Waals surface area contributed by atoms with Crippen LogP contribution in [0.2, 0.25) is 0 Å². The summed E-state index contributed by atoms with van der Waals surface area (Å²) < 4.78 is 11.8. The third-order valence-corrected chi connectivity index (χ3v) is 3.68. The highest BCUT2D eigenvalue weighted by molar-refractivity contribution is 7.95. The minimum Gasteiger partial charge on any atom is -0.607 e. The van der Waals surface area contributed by atoms with Gasteiger partial charge < -0.3 is 4.55 Å². The van der Waals surface area contributed by atoms with Gasteiger partial charge in [0.05, 0.1) is 0 Å². The average molecular weight is 206 g/mol. The van der Waals surface area contributed by atoms with E-state index in [2.05, 4.69) is 0 Å². The second kappa shape index (κ2) is 3.59. The van der Waals surface area contributed by atoms with Gasteiger partial charge in [0.2, 0.25) is 0 Å². The molecule has 14 heavy (non-hydrogen) atoms. The Morgan fingerprint density at radius 3 is 2.86 bits per heavy atom. The number of fused-ring (bicyclic) bond motifs is 1. The largest absolute Gasteiger partial charge is 0.607 e. The van der Waals surface area contributed by atoms with E-state index in [1.54, 1.807) is 0 Å². The molecule has 0 radical (unpaired) electrons. The third-order valence-electron chi connectivity index (χ3n) is 2.14. The van der Waals surface area contributed by atoms with Gasteiger partial charge in [-0.25, -0.2) is 0 Å². The molecule has 2 nitrogen and oxygen atoms in total. The summed E-state index contributed by atoms with van der Waals surface area (Å²) in [5, 5.41) is 0. The summed E-state index contributed by atoms with van der Waals surface area (Å²) in [6, 6.07) is 7.60. The van der Waals surface area contributed by atoms with Gasteiger partial charge in [0.25, 0.3) is 0 Å². The Kier molecular flexibility index (Phi) is 2.44. The SMILES string of the molecule is CC(=O)/C=C1/Cc2ccccc2[S+]1[O-]. The van der Waals surface area contributed by atoms with Crippen molar-refractivity contribution in [2.24, 2.45) is 0 Å². The lowest BCUT2D eigenvalue weighted by Crippen LogP contribution is -1.99. The smallest absolute Gasteiger partial charge is 0.161 e. The molecule has 1 aliphatic heterocycles. The zero-order chi connectivity index (χ0) is 10.1. The monoisotopic (exact) mass is 206 g/mol. The van der Waals surface area contributed by atoms with Crippen LogP contribution in [0, 0.1) is 0 Å². The van der Waals surface area contributed by atoms with Crippen molar-refractivity contribution < 1.29 is 9.35 Å². The molecule has 0 fully saturated rings. The van der Waals surface area contributed by atoms with Crippen LogP contribution in [0.4, 0.5) is 0 Å². The molecule has 1 unspecified atom stereocenters. The first kappa shape index (κ1) is 9.49. The van der Waals surface area contributed by atoms with Crippen molar-refractivity contribution in [3.05, 3.63) is 40.8 Å². The topological polar surface area (TPSA) is 40.1 Å². The Morgan fingerprint density at radius 1 is 1.50 bits per heavy atom. The van der Waals surface area contributed by atoms with Crippen LogP contribution in [0.3, 0.4) is 0 Å². The molecule has 1 heterocycles. The van der Waals surface area contributed by atoms with Gasteiger partial charge >= 0.3 is 0 Å². The molecule has 0 aromatic heterocycles. The molecule has 1 atom stereocenters. The first-order valence-corrected chi connectivity index (χ1v) is 5.54. The lowest BCUT2D eigenvalue weighted by atomic mass is 10.1. The number of hydrogen-bond donors (Lipinski definition) is 0. The van der Waals surface area contributed by atoms with E-state index < -0.39 is 11.2 Å². The van der Waals surface area contributed by atoms with Crippen LogP contribution in [-0.2, 0) is 22.4 Å². The lowest BCUT2D eigenvalue weighted by molar-refractivity contribution is -0.112. The van der Waals surface area contributed by atoms with Gasteiger partial charge in [-0.2, -0.15) is 0 Å². The highest BCUT2D eigenvalue weighted by Crippen LogP contribution is 2.33. The highest BCUT2D eigenvalue weighted by Gasteiger charge is 2.30. The molecule has 0 spiro atoms. The molecule has 0 amide bonds. The highest BCUT2D eigenvalue weighted by atomic mass is 32.2. The molecule has 0 aliphatic carbocycles. The first-order valence-electron chi connectivity index (χ1n) is 4.39. The summed E-state index contributed by atoms with van der Waals surface area (Å²) in [5.74, 6) is -0.0406. The summed E-state index contributed by atoms with van der Waals surface area (Å²) in [6.45, 7) is 1.48. The first-order chi connectivity index (χ1) is 6.68. The van der Waals surface area contributed by atoms with Crippen molar-refractivity contribution in [2.45, 2.75) is 18.2 Å². The second-order valence-corrected chi connectivity index (χ2v) is 4.78. The van der Waals surface area contributed by atoms with Gasteiger partial charge in [0, 0.05) is 29.2 Å². The molecule has 0 saturated heterocycles. The molecular formula is C11H10O2S. The summed E-state index contributed by atoms with van der Waals surface area (Å²) in [7, 11) is 0.